The van der Waals surface area contributed by atoms with Crippen LogP contribution in [0.3, 0.4) is 0 Å². The standard InChI is InChI=1S/C16H23N/c1-4-7-13-16(17-15(5-2)6-3)14-11-9-8-10-12-14/h2,8-12,15-17H,4,6-7,13H2,1,3H3. The number of unbranched alkanes of at least 4 members (excludes halogenated alkanes) is 1. The Morgan fingerprint density at radius 2 is 1.94 bits per heavy atom. The number of hydrogen-bond acceptors (Lipinski definition) is 1. The van der Waals surface area contributed by atoms with E-state index < -0.39 is 0 Å². The van der Waals surface area contributed by atoms with Crippen molar-refractivity contribution in [1.29, 1.82) is 0 Å². The number of terminal acetylenes is 1. The first-order chi connectivity index (χ1) is 8.31. The molecule has 1 rings (SSSR count). The highest BCUT2D eigenvalue weighted by atomic mass is 14.9. The van der Waals surface area contributed by atoms with Gasteiger partial charge in [-0.3, -0.25) is 5.32 Å². The van der Waals surface area contributed by atoms with Crippen LogP contribution in [-0.4, -0.2) is 6.04 Å². The molecule has 0 radical (unpaired) electrons. The third-order valence-electron chi connectivity index (χ3n) is 3.06. The summed E-state index contributed by atoms with van der Waals surface area (Å²) >= 11 is 0. The summed E-state index contributed by atoms with van der Waals surface area (Å²) in [5, 5.41) is 3.57. The molecule has 2 unspecified atom stereocenters. The van der Waals surface area contributed by atoms with Gasteiger partial charge in [-0.2, -0.15) is 0 Å². The maximum Gasteiger partial charge on any atom is 0.0689 e. The molecule has 1 aromatic rings. The molecule has 1 heteroatoms. The summed E-state index contributed by atoms with van der Waals surface area (Å²) in [6, 6.07) is 11.2. The van der Waals surface area contributed by atoms with Gasteiger partial charge in [-0.05, 0) is 18.4 Å². The normalized spacial score (nSPS) is 13.9. The van der Waals surface area contributed by atoms with Crippen molar-refractivity contribution in [3.05, 3.63) is 35.9 Å². The Morgan fingerprint density at radius 1 is 1.24 bits per heavy atom. The lowest BCUT2D eigenvalue weighted by atomic mass is 10.00. The van der Waals surface area contributed by atoms with Gasteiger partial charge in [-0.25, -0.2) is 0 Å². The average molecular weight is 229 g/mol. The quantitative estimate of drug-likeness (QED) is 0.699. The molecule has 2 atom stereocenters. The van der Waals surface area contributed by atoms with Crippen molar-refractivity contribution in [3.63, 3.8) is 0 Å². The van der Waals surface area contributed by atoms with Gasteiger partial charge in [0.15, 0.2) is 0 Å². The Kier molecular flexibility index (Phi) is 6.43. The highest BCUT2D eigenvalue weighted by Crippen LogP contribution is 2.20. The van der Waals surface area contributed by atoms with Gasteiger partial charge < -0.3 is 0 Å². The minimum absolute atomic E-state index is 0.178. The monoisotopic (exact) mass is 229 g/mol. The van der Waals surface area contributed by atoms with Crippen LogP contribution in [0.4, 0.5) is 0 Å². The predicted octanol–water partition coefficient (Wildman–Crippen LogP) is 3.92. The van der Waals surface area contributed by atoms with Crippen molar-refractivity contribution in [2.75, 3.05) is 0 Å². The minimum atomic E-state index is 0.178. The molecule has 0 bridgehead atoms. The van der Waals surface area contributed by atoms with Crippen LogP contribution < -0.4 is 5.32 Å². The maximum atomic E-state index is 5.53. The minimum Gasteiger partial charge on any atom is -0.297 e. The van der Waals surface area contributed by atoms with Gasteiger partial charge >= 0.3 is 0 Å². The first kappa shape index (κ1) is 13.8. The van der Waals surface area contributed by atoms with Gasteiger partial charge in [-0.1, -0.05) is 62.9 Å². The summed E-state index contributed by atoms with van der Waals surface area (Å²) < 4.78 is 0. The van der Waals surface area contributed by atoms with Crippen LogP contribution in [0.1, 0.15) is 51.1 Å². The van der Waals surface area contributed by atoms with E-state index in [2.05, 4.69) is 55.4 Å². The predicted molar refractivity (Wildman–Crippen MR) is 74.8 cm³/mol. The molecule has 92 valence electrons. The Bertz CT molecular complexity index is 336. The molecule has 0 aliphatic heterocycles. The molecule has 1 nitrogen and oxygen atoms in total. The summed E-state index contributed by atoms with van der Waals surface area (Å²) in [5.41, 5.74) is 1.34. The number of rotatable bonds is 7. The summed E-state index contributed by atoms with van der Waals surface area (Å²) in [5.74, 6) is 2.82. The van der Waals surface area contributed by atoms with E-state index >= 15 is 0 Å². The van der Waals surface area contributed by atoms with Crippen LogP contribution in [0.25, 0.3) is 0 Å². The zero-order valence-corrected chi connectivity index (χ0v) is 10.9. The van der Waals surface area contributed by atoms with Crippen LogP contribution in [0, 0.1) is 12.3 Å². The lowest BCUT2D eigenvalue weighted by Crippen LogP contribution is -2.31. The fourth-order valence-corrected chi connectivity index (χ4v) is 1.97. The van der Waals surface area contributed by atoms with Crippen molar-refractivity contribution in [1.82, 2.24) is 5.32 Å². The summed E-state index contributed by atoms with van der Waals surface area (Å²) in [4.78, 5) is 0. The molecule has 0 aliphatic carbocycles. The van der Waals surface area contributed by atoms with Crippen LogP contribution in [0.2, 0.25) is 0 Å². The van der Waals surface area contributed by atoms with E-state index in [4.69, 9.17) is 6.42 Å². The largest absolute Gasteiger partial charge is 0.297 e. The fraction of sp³-hybridized carbons (Fsp3) is 0.500. The van der Waals surface area contributed by atoms with Crippen LogP contribution >= 0.6 is 0 Å². The van der Waals surface area contributed by atoms with E-state index in [1.54, 1.807) is 0 Å². The lowest BCUT2D eigenvalue weighted by molar-refractivity contribution is 0.445. The SMILES string of the molecule is C#CC(CC)NC(CCCC)c1ccccc1. The van der Waals surface area contributed by atoms with Gasteiger partial charge in [0.05, 0.1) is 6.04 Å². The van der Waals surface area contributed by atoms with Crippen molar-refractivity contribution in [3.8, 4) is 12.3 Å². The van der Waals surface area contributed by atoms with Gasteiger partial charge in [0.1, 0.15) is 0 Å². The highest BCUT2D eigenvalue weighted by molar-refractivity contribution is 5.19. The molecule has 0 heterocycles. The Morgan fingerprint density at radius 3 is 2.47 bits per heavy atom. The average Bonchev–Trinajstić information content (AvgIpc) is 2.40. The molecule has 1 aromatic carbocycles. The summed E-state index contributed by atoms with van der Waals surface area (Å²) in [6.07, 6.45) is 10.1. The summed E-state index contributed by atoms with van der Waals surface area (Å²) in [7, 11) is 0. The first-order valence-electron chi connectivity index (χ1n) is 6.58. The molecule has 0 aromatic heterocycles. The van der Waals surface area contributed by atoms with Crippen molar-refractivity contribution < 1.29 is 0 Å². The van der Waals surface area contributed by atoms with E-state index in [9.17, 15) is 0 Å². The number of nitrogens with one attached hydrogen (secondary N) is 1. The third kappa shape index (κ3) is 4.63. The molecule has 17 heavy (non-hydrogen) atoms. The third-order valence-corrected chi connectivity index (χ3v) is 3.06. The van der Waals surface area contributed by atoms with Crippen molar-refractivity contribution in [2.45, 2.75) is 51.6 Å². The molecule has 0 amide bonds. The zero-order chi connectivity index (χ0) is 12.5. The second-order valence-corrected chi connectivity index (χ2v) is 4.40. The smallest absolute Gasteiger partial charge is 0.0689 e. The first-order valence-corrected chi connectivity index (χ1v) is 6.58. The van der Waals surface area contributed by atoms with Gasteiger partial charge in [0.25, 0.3) is 0 Å². The van der Waals surface area contributed by atoms with Crippen molar-refractivity contribution in [2.24, 2.45) is 0 Å². The molecular formula is C16H23N. The van der Waals surface area contributed by atoms with Crippen LogP contribution in [0.5, 0.6) is 0 Å². The topological polar surface area (TPSA) is 12.0 Å². The van der Waals surface area contributed by atoms with Gasteiger partial charge in [0.2, 0.25) is 0 Å². The number of hydrogen-bond donors (Lipinski definition) is 1. The van der Waals surface area contributed by atoms with E-state index in [-0.39, 0.29) is 6.04 Å². The van der Waals surface area contributed by atoms with Gasteiger partial charge in [0, 0.05) is 6.04 Å². The maximum absolute atomic E-state index is 5.53. The second-order valence-electron chi connectivity index (χ2n) is 4.40. The molecule has 0 spiro atoms. The van der Waals surface area contributed by atoms with Crippen molar-refractivity contribution >= 4 is 0 Å². The highest BCUT2D eigenvalue weighted by Gasteiger charge is 2.13. The van der Waals surface area contributed by atoms with Gasteiger partial charge in [-0.15, -0.1) is 6.42 Å². The van der Waals surface area contributed by atoms with E-state index in [0.29, 0.717) is 6.04 Å². The molecule has 0 saturated heterocycles. The lowest BCUT2D eigenvalue weighted by Gasteiger charge is -2.22. The van der Waals surface area contributed by atoms with E-state index in [1.165, 1.54) is 18.4 Å². The Hall–Kier alpha value is -1.26. The zero-order valence-electron chi connectivity index (χ0n) is 10.9. The Balaban J connectivity index is 2.70. The van der Waals surface area contributed by atoms with Crippen LogP contribution in [-0.2, 0) is 0 Å². The molecule has 0 saturated carbocycles. The van der Waals surface area contributed by atoms with E-state index in [0.717, 1.165) is 12.8 Å². The molecule has 0 aliphatic rings. The second kappa shape index (κ2) is 7.92. The molecule has 1 N–H and O–H groups in total. The van der Waals surface area contributed by atoms with E-state index in [1.807, 2.05) is 0 Å². The Labute approximate surface area is 106 Å². The fourth-order valence-electron chi connectivity index (χ4n) is 1.97. The van der Waals surface area contributed by atoms with Crippen LogP contribution in [0.15, 0.2) is 30.3 Å². The molecule has 0 fully saturated rings. The molecular weight excluding hydrogens is 206 g/mol. The number of benzene rings is 1. The summed E-state index contributed by atoms with van der Waals surface area (Å²) in [6.45, 7) is 4.35.